The summed E-state index contributed by atoms with van der Waals surface area (Å²) in [6.45, 7) is 0.381. The Kier molecular flexibility index (Phi) is 3.70. The van der Waals surface area contributed by atoms with Crippen molar-refractivity contribution < 1.29 is 14.3 Å². The molecule has 1 heterocycles. The van der Waals surface area contributed by atoms with Gasteiger partial charge in [0.1, 0.15) is 0 Å². The van der Waals surface area contributed by atoms with Gasteiger partial charge in [-0.15, -0.1) is 0 Å². The molecule has 0 saturated carbocycles. The molecule has 0 aromatic carbocycles. The fourth-order valence-corrected chi connectivity index (χ4v) is 1.18. The van der Waals surface area contributed by atoms with E-state index in [1.54, 1.807) is 18.3 Å². The van der Waals surface area contributed by atoms with E-state index < -0.39 is 5.01 Å². The third-order valence-corrected chi connectivity index (χ3v) is 2.15. The summed E-state index contributed by atoms with van der Waals surface area (Å²) in [5.41, 5.74) is 0.777. The first-order valence-electron chi connectivity index (χ1n) is 3.51. The summed E-state index contributed by atoms with van der Waals surface area (Å²) in [5, 5.41) is -0.457. The lowest BCUT2D eigenvalue weighted by Crippen LogP contribution is -1.96. The van der Waals surface area contributed by atoms with Crippen molar-refractivity contribution in [2.45, 2.75) is 5.01 Å². The topological polar surface area (TPSA) is 48.4 Å². The van der Waals surface area contributed by atoms with Crippen molar-refractivity contribution >= 4 is 22.4 Å². The van der Waals surface area contributed by atoms with Gasteiger partial charge in [0.05, 0.1) is 7.11 Å². The average Bonchev–Trinajstić information content (AvgIpc) is 2.18. The quantitative estimate of drug-likeness (QED) is 0.598. The van der Waals surface area contributed by atoms with E-state index in [2.05, 4.69) is 25.7 Å². The van der Waals surface area contributed by atoms with Crippen LogP contribution < -0.4 is 4.74 Å². The van der Waals surface area contributed by atoms with Crippen molar-refractivity contribution in [3.05, 3.63) is 23.9 Å². The lowest BCUT2D eigenvalue weighted by atomic mass is 10.3. The Morgan fingerprint density at radius 1 is 1.69 bits per heavy atom. The zero-order valence-electron chi connectivity index (χ0n) is 6.94. The van der Waals surface area contributed by atoms with Crippen LogP contribution in [-0.2, 0) is 9.53 Å². The largest absolute Gasteiger partial charge is 0.481 e. The molecular formula is C8H8BrNO3. The highest BCUT2D eigenvalue weighted by molar-refractivity contribution is 9.09. The van der Waals surface area contributed by atoms with Crippen molar-refractivity contribution in [2.75, 3.05) is 7.11 Å². The number of ether oxygens (including phenoxy) is 2. The Morgan fingerprint density at radius 3 is 3.08 bits per heavy atom. The number of methoxy groups -OCH3 is 1. The van der Waals surface area contributed by atoms with Gasteiger partial charge in [0.15, 0.2) is 5.01 Å². The van der Waals surface area contributed by atoms with E-state index in [4.69, 9.17) is 4.74 Å². The zero-order valence-corrected chi connectivity index (χ0v) is 8.52. The van der Waals surface area contributed by atoms with Gasteiger partial charge in [-0.3, -0.25) is 4.79 Å². The summed E-state index contributed by atoms with van der Waals surface area (Å²) in [4.78, 5) is 14.0. The summed E-state index contributed by atoms with van der Waals surface area (Å²) < 4.78 is 9.59. The van der Waals surface area contributed by atoms with Crippen LogP contribution in [0.25, 0.3) is 0 Å². The molecule has 1 atom stereocenters. The summed E-state index contributed by atoms with van der Waals surface area (Å²) in [6.07, 6.45) is 1.58. The second kappa shape index (κ2) is 4.81. The van der Waals surface area contributed by atoms with Gasteiger partial charge in [-0.2, -0.15) is 0 Å². The van der Waals surface area contributed by atoms with E-state index in [-0.39, 0.29) is 0 Å². The molecule has 0 aliphatic carbocycles. The normalized spacial score (nSPS) is 11.8. The van der Waals surface area contributed by atoms with Gasteiger partial charge >= 0.3 is 0 Å². The Labute approximate surface area is 84.0 Å². The SMILES string of the molecule is COc1cc(C(Br)OC=O)ccn1. The monoisotopic (exact) mass is 245 g/mol. The van der Waals surface area contributed by atoms with Gasteiger partial charge < -0.3 is 9.47 Å². The van der Waals surface area contributed by atoms with E-state index in [9.17, 15) is 4.79 Å². The minimum atomic E-state index is -0.457. The molecular weight excluding hydrogens is 238 g/mol. The Hall–Kier alpha value is -1.10. The summed E-state index contributed by atoms with van der Waals surface area (Å²) in [5.74, 6) is 0.483. The predicted octanol–water partition coefficient (Wildman–Crippen LogP) is 1.66. The van der Waals surface area contributed by atoms with Crippen molar-refractivity contribution in [1.82, 2.24) is 4.98 Å². The highest BCUT2D eigenvalue weighted by atomic mass is 79.9. The highest BCUT2D eigenvalue weighted by Gasteiger charge is 2.08. The van der Waals surface area contributed by atoms with Gasteiger partial charge in [-0.05, 0) is 22.0 Å². The van der Waals surface area contributed by atoms with Crippen LogP contribution in [0.4, 0.5) is 0 Å². The molecule has 0 amide bonds. The standard InChI is InChI=1S/C8H8BrNO3/c1-12-7-4-6(2-3-10-7)8(9)13-5-11/h2-5,8H,1H3. The summed E-state index contributed by atoms with van der Waals surface area (Å²) in [7, 11) is 1.52. The molecule has 1 unspecified atom stereocenters. The van der Waals surface area contributed by atoms with Crippen LogP contribution in [0, 0.1) is 0 Å². The minimum Gasteiger partial charge on any atom is -0.481 e. The van der Waals surface area contributed by atoms with Crippen LogP contribution in [0.5, 0.6) is 5.88 Å². The van der Waals surface area contributed by atoms with Crippen LogP contribution in [-0.4, -0.2) is 18.6 Å². The number of rotatable bonds is 4. The van der Waals surface area contributed by atoms with Gasteiger partial charge in [0.2, 0.25) is 5.88 Å². The molecule has 0 aliphatic heterocycles. The molecule has 0 fully saturated rings. The molecule has 4 nitrogen and oxygen atoms in total. The Bertz CT molecular complexity index is 292. The van der Waals surface area contributed by atoms with Crippen LogP contribution in [0.3, 0.4) is 0 Å². The number of halogens is 1. The molecule has 1 rings (SSSR count). The number of nitrogens with zero attached hydrogens (tertiary/aromatic N) is 1. The first-order valence-corrected chi connectivity index (χ1v) is 4.42. The average molecular weight is 246 g/mol. The summed E-state index contributed by atoms with van der Waals surface area (Å²) in [6, 6.07) is 3.41. The highest BCUT2D eigenvalue weighted by Crippen LogP contribution is 2.24. The number of hydrogen-bond donors (Lipinski definition) is 0. The first kappa shape index (κ1) is 9.98. The van der Waals surface area contributed by atoms with Crippen molar-refractivity contribution in [3.8, 4) is 5.88 Å². The maximum Gasteiger partial charge on any atom is 0.294 e. The van der Waals surface area contributed by atoms with E-state index in [0.29, 0.717) is 12.4 Å². The molecule has 0 saturated heterocycles. The maximum absolute atomic E-state index is 10.0. The molecule has 70 valence electrons. The molecule has 5 heteroatoms. The van der Waals surface area contributed by atoms with Gasteiger partial charge in [-0.25, -0.2) is 4.98 Å². The van der Waals surface area contributed by atoms with Crippen molar-refractivity contribution in [2.24, 2.45) is 0 Å². The Balaban J connectivity index is 2.81. The lowest BCUT2D eigenvalue weighted by Gasteiger charge is -2.08. The molecule has 0 radical (unpaired) electrons. The first-order chi connectivity index (χ1) is 6.27. The number of pyridine rings is 1. The third-order valence-electron chi connectivity index (χ3n) is 1.41. The number of carbonyl (C=O) groups is 1. The smallest absolute Gasteiger partial charge is 0.294 e. The van der Waals surface area contributed by atoms with Gasteiger partial charge in [0, 0.05) is 17.8 Å². The number of aromatic nitrogens is 1. The van der Waals surface area contributed by atoms with Crippen molar-refractivity contribution in [1.29, 1.82) is 0 Å². The van der Waals surface area contributed by atoms with Crippen LogP contribution in [0.2, 0.25) is 0 Å². The minimum absolute atomic E-state index is 0.381. The van der Waals surface area contributed by atoms with Gasteiger partial charge in [-0.1, -0.05) is 0 Å². The second-order valence-corrected chi connectivity index (χ2v) is 3.01. The van der Waals surface area contributed by atoms with Crippen LogP contribution in [0.15, 0.2) is 18.3 Å². The van der Waals surface area contributed by atoms with Crippen molar-refractivity contribution in [3.63, 3.8) is 0 Å². The molecule has 1 aromatic rings. The number of hydrogen-bond acceptors (Lipinski definition) is 4. The predicted molar refractivity (Wildman–Crippen MR) is 49.6 cm³/mol. The second-order valence-electron chi connectivity index (χ2n) is 2.18. The van der Waals surface area contributed by atoms with Crippen LogP contribution >= 0.6 is 15.9 Å². The molecule has 0 N–H and O–H groups in total. The third kappa shape index (κ3) is 2.69. The number of alkyl halides is 1. The maximum atomic E-state index is 10.0. The van der Waals surface area contributed by atoms with E-state index in [1.165, 1.54) is 7.11 Å². The van der Waals surface area contributed by atoms with E-state index in [1.807, 2.05) is 0 Å². The van der Waals surface area contributed by atoms with Gasteiger partial charge in [0.25, 0.3) is 6.47 Å². The molecule has 0 aliphatic rings. The Morgan fingerprint density at radius 2 is 2.46 bits per heavy atom. The summed E-state index contributed by atoms with van der Waals surface area (Å²) >= 11 is 3.17. The molecule has 0 bridgehead atoms. The zero-order chi connectivity index (χ0) is 9.68. The molecule has 0 spiro atoms. The van der Waals surface area contributed by atoms with Crippen LogP contribution in [0.1, 0.15) is 10.6 Å². The fraction of sp³-hybridized carbons (Fsp3) is 0.250. The number of carbonyl (C=O) groups excluding carboxylic acids is 1. The van der Waals surface area contributed by atoms with E-state index >= 15 is 0 Å². The van der Waals surface area contributed by atoms with E-state index in [0.717, 1.165) is 5.56 Å². The lowest BCUT2D eigenvalue weighted by molar-refractivity contribution is -0.129. The molecule has 1 aromatic heterocycles. The molecule has 13 heavy (non-hydrogen) atoms. The fourth-order valence-electron chi connectivity index (χ4n) is 0.805.